The van der Waals surface area contributed by atoms with E-state index in [1.807, 2.05) is 6.92 Å². The first-order valence-corrected chi connectivity index (χ1v) is 6.49. The summed E-state index contributed by atoms with van der Waals surface area (Å²) >= 11 is 0. The molecule has 2 N–H and O–H groups in total. The Balaban J connectivity index is 1.96. The predicted octanol–water partition coefficient (Wildman–Crippen LogP) is 0.610. The van der Waals surface area contributed by atoms with E-state index < -0.39 is 5.97 Å². The highest BCUT2D eigenvalue weighted by molar-refractivity contribution is 5.89. The number of ether oxygens (including phenoxy) is 1. The van der Waals surface area contributed by atoms with Gasteiger partial charge in [-0.1, -0.05) is 6.92 Å². The monoisotopic (exact) mass is 282 g/mol. The number of carbonyl (C=O) groups is 2. The molecule has 0 aliphatic carbocycles. The molecule has 110 valence electrons. The number of morpholine rings is 1. The van der Waals surface area contributed by atoms with Gasteiger partial charge in [-0.2, -0.15) is 5.10 Å². The molecule has 1 unspecified atom stereocenters. The van der Waals surface area contributed by atoms with Crippen molar-refractivity contribution in [2.45, 2.75) is 25.9 Å². The fourth-order valence-corrected chi connectivity index (χ4v) is 2.11. The van der Waals surface area contributed by atoms with Crippen LogP contribution in [0.2, 0.25) is 0 Å². The lowest BCUT2D eigenvalue weighted by atomic mass is 10.2. The summed E-state index contributed by atoms with van der Waals surface area (Å²) in [5.41, 5.74) is 0.484. The number of nitrogens with one attached hydrogen (secondary N) is 1. The second kappa shape index (κ2) is 6.38. The largest absolute Gasteiger partial charge is 0.480 e. The number of anilines is 1. The van der Waals surface area contributed by atoms with Gasteiger partial charge in [0.15, 0.2) is 0 Å². The number of aliphatic carboxylic acids is 1. The Hall–Kier alpha value is -2.09. The maximum absolute atomic E-state index is 12.2. The second-order valence-electron chi connectivity index (χ2n) is 4.58. The van der Waals surface area contributed by atoms with Crippen molar-refractivity contribution in [2.24, 2.45) is 0 Å². The molecule has 0 radical (unpaired) electrons. The van der Waals surface area contributed by atoms with Crippen molar-refractivity contribution in [3.05, 3.63) is 12.4 Å². The van der Waals surface area contributed by atoms with Crippen LogP contribution >= 0.6 is 0 Å². The lowest BCUT2D eigenvalue weighted by Crippen LogP contribution is -2.50. The van der Waals surface area contributed by atoms with Crippen molar-refractivity contribution >= 4 is 17.7 Å². The average molecular weight is 282 g/mol. The van der Waals surface area contributed by atoms with E-state index in [2.05, 4.69) is 10.4 Å². The normalized spacial score (nSPS) is 18.9. The molecule has 0 bridgehead atoms. The summed E-state index contributed by atoms with van der Waals surface area (Å²) in [4.78, 5) is 24.5. The summed E-state index contributed by atoms with van der Waals surface area (Å²) in [5.74, 6) is -0.981. The number of urea groups is 1. The van der Waals surface area contributed by atoms with Crippen molar-refractivity contribution in [3.63, 3.8) is 0 Å². The summed E-state index contributed by atoms with van der Waals surface area (Å²) in [6.45, 7) is 3.40. The van der Waals surface area contributed by atoms with Gasteiger partial charge in [0.2, 0.25) is 0 Å². The van der Waals surface area contributed by atoms with Gasteiger partial charge in [-0.3, -0.25) is 9.48 Å². The molecule has 2 heterocycles. The quantitative estimate of drug-likeness (QED) is 0.843. The molecule has 0 spiro atoms. The number of rotatable bonds is 4. The number of carbonyl (C=O) groups excluding carboxylic acids is 1. The third kappa shape index (κ3) is 3.47. The number of amides is 2. The standard InChI is InChI=1S/C12H18N4O4/c1-2-10-8-20-4-3-16(10)12(19)14-9-5-13-15(6-9)7-11(17)18/h5-6,10H,2-4,7-8H2,1H3,(H,14,19)(H,17,18). The molecule has 1 aliphatic rings. The molecule has 8 heteroatoms. The predicted molar refractivity (Wildman–Crippen MR) is 70.5 cm³/mol. The average Bonchev–Trinajstić information content (AvgIpc) is 2.85. The van der Waals surface area contributed by atoms with Crippen LogP contribution in [0.25, 0.3) is 0 Å². The zero-order valence-corrected chi connectivity index (χ0v) is 11.3. The number of carboxylic acids is 1. The van der Waals surface area contributed by atoms with Gasteiger partial charge in [-0.15, -0.1) is 0 Å². The van der Waals surface area contributed by atoms with Crippen LogP contribution in [0.15, 0.2) is 12.4 Å². The fraction of sp³-hybridized carbons (Fsp3) is 0.583. The first kappa shape index (κ1) is 14.3. The number of hydrogen-bond acceptors (Lipinski definition) is 4. The molecule has 1 aliphatic heterocycles. The smallest absolute Gasteiger partial charge is 0.325 e. The molecule has 20 heavy (non-hydrogen) atoms. The molecule has 0 aromatic carbocycles. The Kier molecular flexibility index (Phi) is 4.57. The molecular formula is C12H18N4O4. The summed E-state index contributed by atoms with van der Waals surface area (Å²) < 4.78 is 6.61. The van der Waals surface area contributed by atoms with Crippen molar-refractivity contribution in [3.8, 4) is 0 Å². The SMILES string of the molecule is CCC1COCCN1C(=O)Nc1cnn(CC(=O)O)c1. The topological polar surface area (TPSA) is 96.7 Å². The first-order valence-electron chi connectivity index (χ1n) is 6.49. The van der Waals surface area contributed by atoms with E-state index >= 15 is 0 Å². The summed E-state index contributed by atoms with van der Waals surface area (Å²) in [6, 6.07) is -0.146. The van der Waals surface area contributed by atoms with E-state index in [1.54, 1.807) is 4.90 Å². The van der Waals surface area contributed by atoms with E-state index in [4.69, 9.17) is 9.84 Å². The lowest BCUT2D eigenvalue weighted by Gasteiger charge is -2.34. The van der Waals surface area contributed by atoms with Crippen molar-refractivity contribution in [1.29, 1.82) is 0 Å². The third-order valence-corrected chi connectivity index (χ3v) is 3.14. The maximum Gasteiger partial charge on any atom is 0.325 e. The molecule has 2 rings (SSSR count). The highest BCUT2D eigenvalue weighted by Gasteiger charge is 2.26. The molecule has 1 atom stereocenters. The molecule has 1 saturated heterocycles. The summed E-state index contributed by atoms with van der Waals surface area (Å²) in [6.07, 6.45) is 3.75. The van der Waals surface area contributed by atoms with E-state index in [1.165, 1.54) is 17.1 Å². The fourth-order valence-electron chi connectivity index (χ4n) is 2.11. The van der Waals surface area contributed by atoms with Gasteiger partial charge in [0, 0.05) is 12.7 Å². The molecule has 0 saturated carbocycles. The Morgan fingerprint density at radius 3 is 3.10 bits per heavy atom. The number of aromatic nitrogens is 2. The van der Waals surface area contributed by atoms with Gasteiger partial charge in [0.05, 0.1) is 31.1 Å². The van der Waals surface area contributed by atoms with E-state index in [-0.39, 0.29) is 18.6 Å². The Bertz CT molecular complexity index is 488. The van der Waals surface area contributed by atoms with E-state index in [0.717, 1.165) is 6.42 Å². The van der Waals surface area contributed by atoms with Gasteiger partial charge in [0.25, 0.3) is 0 Å². The summed E-state index contributed by atoms with van der Waals surface area (Å²) in [5, 5.41) is 15.3. The number of nitrogens with zero attached hydrogens (tertiary/aromatic N) is 3. The van der Waals surface area contributed by atoms with Crippen molar-refractivity contribution in [1.82, 2.24) is 14.7 Å². The van der Waals surface area contributed by atoms with Gasteiger partial charge in [-0.25, -0.2) is 4.79 Å². The van der Waals surface area contributed by atoms with Crippen molar-refractivity contribution in [2.75, 3.05) is 25.1 Å². The zero-order chi connectivity index (χ0) is 14.5. The van der Waals surface area contributed by atoms with Crippen LogP contribution in [0, 0.1) is 0 Å². The van der Waals surface area contributed by atoms with Crippen LogP contribution in [-0.4, -0.2) is 57.6 Å². The second-order valence-corrected chi connectivity index (χ2v) is 4.58. The van der Waals surface area contributed by atoms with Gasteiger partial charge >= 0.3 is 12.0 Å². The lowest BCUT2D eigenvalue weighted by molar-refractivity contribution is -0.137. The minimum atomic E-state index is -0.981. The molecular weight excluding hydrogens is 264 g/mol. The molecule has 2 amide bonds. The Morgan fingerprint density at radius 2 is 2.40 bits per heavy atom. The maximum atomic E-state index is 12.2. The van der Waals surface area contributed by atoms with Crippen LogP contribution in [0.4, 0.5) is 10.5 Å². The first-order chi connectivity index (χ1) is 9.60. The van der Waals surface area contributed by atoms with Crippen LogP contribution in [-0.2, 0) is 16.1 Å². The van der Waals surface area contributed by atoms with E-state index in [9.17, 15) is 9.59 Å². The minimum absolute atomic E-state index is 0.0674. The van der Waals surface area contributed by atoms with Crippen LogP contribution < -0.4 is 5.32 Å². The molecule has 1 aromatic heterocycles. The van der Waals surface area contributed by atoms with E-state index in [0.29, 0.717) is 25.4 Å². The molecule has 1 aromatic rings. The van der Waals surface area contributed by atoms with Gasteiger partial charge in [0.1, 0.15) is 6.54 Å². The van der Waals surface area contributed by atoms with Gasteiger partial charge < -0.3 is 20.1 Å². The minimum Gasteiger partial charge on any atom is -0.480 e. The third-order valence-electron chi connectivity index (χ3n) is 3.14. The summed E-state index contributed by atoms with van der Waals surface area (Å²) in [7, 11) is 0. The highest BCUT2D eigenvalue weighted by atomic mass is 16.5. The zero-order valence-electron chi connectivity index (χ0n) is 11.3. The number of carboxylic acid groups (broad SMARTS) is 1. The van der Waals surface area contributed by atoms with Gasteiger partial charge in [-0.05, 0) is 6.42 Å². The number of hydrogen-bond donors (Lipinski definition) is 2. The Morgan fingerprint density at radius 1 is 1.60 bits per heavy atom. The van der Waals surface area contributed by atoms with Crippen LogP contribution in [0.3, 0.4) is 0 Å². The molecule has 8 nitrogen and oxygen atoms in total. The highest BCUT2D eigenvalue weighted by Crippen LogP contribution is 2.13. The van der Waals surface area contributed by atoms with Crippen LogP contribution in [0.1, 0.15) is 13.3 Å². The van der Waals surface area contributed by atoms with Crippen LogP contribution in [0.5, 0.6) is 0 Å². The van der Waals surface area contributed by atoms with Crippen molar-refractivity contribution < 1.29 is 19.4 Å². The molecule has 1 fully saturated rings. The Labute approximate surface area is 116 Å².